The van der Waals surface area contributed by atoms with Gasteiger partial charge in [-0.05, 0) is 36.4 Å². The Balaban J connectivity index is 1.81. The highest BCUT2D eigenvalue weighted by Crippen LogP contribution is 2.24. The maximum atomic E-state index is 5.64. The number of rotatable bonds is 6. The summed E-state index contributed by atoms with van der Waals surface area (Å²) in [6, 6.07) is 13.7. The number of hydrogen-bond acceptors (Lipinski definition) is 3. The molecule has 106 valence electrons. The van der Waals surface area contributed by atoms with Crippen molar-refractivity contribution < 1.29 is 9.47 Å². The highest BCUT2D eigenvalue weighted by atomic mass is 79.9. The minimum absolute atomic E-state index is 0.594. The largest absolute Gasteiger partial charge is 0.497 e. The first kappa shape index (κ1) is 15.2. The number of hydrogen-bond donors (Lipinski definition) is 1. The van der Waals surface area contributed by atoms with Gasteiger partial charge < -0.3 is 14.8 Å². The maximum Gasteiger partial charge on any atom is 0.122 e. The third-order valence-corrected chi connectivity index (χ3v) is 3.61. The topological polar surface area (TPSA) is 30.5 Å². The molecule has 0 aromatic heterocycles. The summed E-state index contributed by atoms with van der Waals surface area (Å²) in [7, 11) is 1.65. The molecule has 0 aliphatic heterocycles. The van der Waals surface area contributed by atoms with Crippen LogP contribution in [-0.4, -0.2) is 20.3 Å². The van der Waals surface area contributed by atoms with Crippen LogP contribution in [0.4, 0.5) is 5.69 Å². The predicted molar refractivity (Wildman–Crippen MR) is 88.8 cm³/mol. The first-order valence-corrected chi connectivity index (χ1v) is 7.73. The molecule has 0 bridgehead atoms. The predicted octanol–water partition coefficient (Wildman–Crippen LogP) is 4.71. The van der Waals surface area contributed by atoms with Crippen LogP contribution < -0.4 is 14.8 Å². The summed E-state index contributed by atoms with van der Waals surface area (Å²) in [5.74, 6) is 1.68. The molecule has 3 nitrogen and oxygen atoms in total. The van der Waals surface area contributed by atoms with E-state index < -0.39 is 0 Å². The lowest BCUT2D eigenvalue weighted by atomic mass is 10.3. The Morgan fingerprint density at radius 2 is 1.70 bits per heavy atom. The van der Waals surface area contributed by atoms with Gasteiger partial charge in [-0.1, -0.05) is 31.9 Å². The van der Waals surface area contributed by atoms with E-state index in [0.717, 1.165) is 32.7 Å². The van der Waals surface area contributed by atoms with E-state index in [-0.39, 0.29) is 0 Å². The summed E-state index contributed by atoms with van der Waals surface area (Å²) in [5, 5.41) is 3.30. The highest BCUT2D eigenvalue weighted by Gasteiger charge is 1.99. The third-order valence-electron chi connectivity index (χ3n) is 2.62. The summed E-state index contributed by atoms with van der Waals surface area (Å²) in [5.41, 5.74) is 0.996. The van der Waals surface area contributed by atoms with Gasteiger partial charge in [-0.25, -0.2) is 0 Å². The molecule has 0 aliphatic rings. The second-order valence-electron chi connectivity index (χ2n) is 4.11. The molecule has 0 saturated heterocycles. The van der Waals surface area contributed by atoms with Crippen molar-refractivity contribution in [1.82, 2.24) is 0 Å². The molecule has 0 atom stereocenters. The minimum Gasteiger partial charge on any atom is -0.497 e. The van der Waals surface area contributed by atoms with Crippen molar-refractivity contribution in [3.63, 3.8) is 0 Å². The van der Waals surface area contributed by atoms with Gasteiger partial charge in [0.1, 0.15) is 18.1 Å². The first-order valence-electron chi connectivity index (χ1n) is 6.14. The maximum absolute atomic E-state index is 5.64. The Bertz CT molecular complexity index is 558. The summed E-state index contributed by atoms with van der Waals surface area (Å²) in [6.45, 7) is 1.31. The second-order valence-corrected chi connectivity index (χ2v) is 5.94. The smallest absolute Gasteiger partial charge is 0.122 e. The van der Waals surface area contributed by atoms with E-state index >= 15 is 0 Å². The van der Waals surface area contributed by atoms with E-state index in [2.05, 4.69) is 37.2 Å². The van der Waals surface area contributed by atoms with Crippen molar-refractivity contribution >= 4 is 37.5 Å². The molecule has 0 unspecified atom stereocenters. The van der Waals surface area contributed by atoms with E-state index in [1.54, 1.807) is 7.11 Å². The molecule has 5 heteroatoms. The van der Waals surface area contributed by atoms with Crippen molar-refractivity contribution in [2.24, 2.45) is 0 Å². The van der Waals surface area contributed by atoms with Crippen LogP contribution in [0.5, 0.6) is 11.5 Å². The molecule has 2 aromatic carbocycles. The lowest BCUT2D eigenvalue weighted by molar-refractivity contribution is 0.333. The molecule has 20 heavy (non-hydrogen) atoms. The molecule has 1 N–H and O–H groups in total. The van der Waals surface area contributed by atoms with E-state index in [0.29, 0.717) is 6.61 Å². The van der Waals surface area contributed by atoms with Crippen LogP contribution in [0.15, 0.2) is 51.4 Å². The average Bonchev–Trinajstić information content (AvgIpc) is 2.45. The highest BCUT2D eigenvalue weighted by molar-refractivity contribution is 9.10. The summed E-state index contributed by atoms with van der Waals surface area (Å²) in [4.78, 5) is 0. The first-order chi connectivity index (χ1) is 9.67. The van der Waals surface area contributed by atoms with Crippen molar-refractivity contribution in [2.75, 3.05) is 25.6 Å². The number of nitrogens with one attached hydrogen (secondary N) is 1. The van der Waals surface area contributed by atoms with E-state index in [1.807, 2.05) is 42.5 Å². The van der Waals surface area contributed by atoms with Crippen LogP contribution in [-0.2, 0) is 0 Å². The number of ether oxygens (including phenoxy) is 2. The van der Waals surface area contributed by atoms with Gasteiger partial charge in [0.2, 0.25) is 0 Å². The quantitative estimate of drug-likeness (QED) is 0.712. The van der Waals surface area contributed by atoms with Gasteiger partial charge in [-0.3, -0.25) is 0 Å². The van der Waals surface area contributed by atoms with E-state index in [9.17, 15) is 0 Å². The Morgan fingerprint density at radius 1 is 0.950 bits per heavy atom. The van der Waals surface area contributed by atoms with Crippen molar-refractivity contribution in [3.8, 4) is 11.5 Å². The Labute approximate surface area is 135 Å². The van der Waals surface area contributed by atoms with Gasteiger partial charge in [-0.15, -0.1) is 0 Å². The molecular weight excluding hydrogens is 386 g/mol. The van der Waals surface area contributed by atoms with Crippen LogP contribution in [0.25, 0.3) is 0 Å². The summed E-state index contributed by atoms with van der Waals surface area (Å²) < 4.78 is 12.9. The van der Waals surface area contributed by atoms with Gasteiger partial charge in [0.25, 0.3) is 0 Å². The summed E-state index contributed by atoms with van der Waals surface area (Å²) >= 11 is 6.84. The van der Waals surface area contributed by atoms with E-state index in [1.165, 1.54) is 0 Å². The molecule has 2 rings (SSSR count). The summed E-state index contributed by atoms with van der Waals surface area (Å²) in [6.07, 6.45) is 0. The van der Waals surface area contributed by atoms with Crippen molar-refractivity contribution in [1.29, 1.82) is 0 Å². The fraction of sp³-hybridized carbons (Fsp3) is 0.200. The zero-order valence-corrected chi connectivity index (χ0v) is 14.2. The molecule has 0 aliphatic carbocycles. The number of benzene rings is 2. The second kappa shape index (κ2) is 7.55. The SMILES string of the molecule is COc1cc(Br)cc(NCCOc2ccc(Br)cc2)c1. The normalized spacial score (nSPS) is 10.2. The Kier molecular flexibility index (Phi) is 5.73. The molecule has 0 spiro atoms. The van der Waals surface area contributed by atoms with Crippen LogP contribution >= 0.6 is 31.9 Å². The number of methoxy groups -OCH3 is 1. The fourth-order valence-electron chi connectivity index (χ4n) is 1.68. The lowest BCUT2D eigenvalue weighted by Gasteiger charge is -2.10. The molecule has 0 amide bonds. The fourth-order valence-corrected chi connectivity index (χ4v) is 2.41. The molecule has 2 aromatic rings. The van der Waals surface area contributed by atoms with Gasteiger partial charge >= 0.3 is 0 Å². The average molecular weight is 401 g/mol. The Hall–Kier alpha value is -1.20. The van der Waals surface area contributed by atoms with Crippen LogP contribution in [0, 0.1) is 0 Å². The number of halogens is 2. The van der Waals surface area contributed by atoms with Crippen LogP contribution in [0.3, 0.4) is 0 Å². The van der Waals surface area contributed by atoms with Gasteiger partial charge in [0.15, 0.2) is 0 Å². The van der Waals surface area contributed by atoms with Crippen LogP contribution in [0.2, 0.25) is 0 Å². The molecule has 0 fully saturated rings. The van der Waals surface area contributed by atoms with Gasteiger partial charge in [-0.2, -0.15) is 0 Å². The van der Waals surface area contributed by atoms with Crippen molar-refractivity contribution in [2.45, 2.75) is 0 Å². The standard InChI is InChI=1S/C15H15Br2NO2/c1-19-15-9-12(17)8-13(10-15)18-6-7-20-14-4-2-11(16)3-5-14/h2-5,8-10,18H,6-7H2,1H3. The lowest BCUT2D eigenvalue weighted by Crippen LogP contribution is -2.11. The zero-order chi connectivity index (χ0) is 14.4. The molecular formula is C15H15Br2NO2. The van der Waals surface area contributed by atoms with Gasteiger partial charge in [0.05, 0.1) is 7.11 Å². The number of anilines is 1. The monoisotopic (exact) mass is 399 g/mol. The van der Waals surface area contributed by atoms with Crippen LogP contribution in [0.1, 0.15) is 0 Å². The molecule has 0 saturated carbocycles. The zero-order valence-electron chi connectivity index (χ0n) is 11.0. The minimum atomic E-state index is 0.594. The van der Waals surface area contributed by atoms with Crippen molar-refractivity contribution in [3.05, 3.63) is 51.4 Å². The van der Waals surface area contributed by atoms with Gasteiger partial charge in [0, 0.05) is 27.2 Å². The molecule has 0 radical (unpaired) electrons. The third kappa shape index (κ3) is 4.72. The van der Waals surface area contributed by atoms with E-state index in [4.69, 9.17) is 9.47 Å². The molecule has 0 heterocycles. The Morgan fingerprint density at radius 3 is 2.40 bits per heavy atom.